The second-order valence-corrected chi connectivity index (χ2v) is 5.44. The Labute approximate surface area is 154 Å². The molecule has 2 nitrogen and oxygen atoms in total. The van der Waals surface area contributed by atoms with E-state index in [2.05, 4.69) is 48.6 Å². The SMILES string of the molecule is N[C-]1CC=Cc2ccccc21.N[C-]1CC=Cc2ccccc21.[Mg+2]. The van der Waals surface area contributed by atoms with Crippen LogP contribution in [0.1, 0.15) is 35.1 Å². The first-order valence-corrected chi connectivity index (χ1v) is 7.50. The monoisotopic (exact) mass is 312 g/mol. The molecule has 0 aromatic heterocycles. The van der Waals surface area contributed by atoms with Gasteiger partial charge < -0.3 is 11.5 Å². The van der Waals surface area contributed by atoms with Crippen LogP contribution in [0.15, 0.2) is 60.7 Å². The van der Waals surface area contributed by atoms with Crippen LogP contribution in [0.4, 0.5) is 0 Å². The molecule has 0 atom stereocenters. The summed E-state index contributed by atoms with van der Waals surface area (Å²) in [4.78, 5) is 0. The van der Waals surface area contributed by atoms with Crippen molar-refractivity contribution in [2.24, 2.45) is 11.5 Å². The summed E-state index contributed by atoms with van der Waals surface area (Å²) in [5.74, 6) is 0. The van der Waals surface area contributed by atoms with E-state index < -0.39 is 0 Å². The molecule has 2 aromatic carbocycles. The Morgan fingerprint density at radius 3 is 1.43 bits per heavy atom. The van der Waals surface area contributed by atoms with Crippen LogP contribution in [0.25, 0.3) is 12.2 Å². The van der Waals surface area contributed by atoms with Crippen LogP contribution >= 0.6 is 0 Å². The van der Waals surface area contributed by atoms with Crippen molar-refractivity contribution in [2.75, 3.05) is 0 Å². The molecule has 4 rings (SSSR count). The van der Waals surface area contributed by atoms with E-state index in [1.54, 1.807) is 0 Å². The molecule has 3 heteroatoms. The van der Waals surface area contributed by atoms with E-state index in [1.807, 2.05) is 24.3 Å². The molecule has 0 amide bonds. The van der Waals surface area contributed by atoms with Crippen LogP contribution < -0.4 is 11.5 Å². The topological polar surface area (TPSA) is 52.0 Å². The first kappa shape index (κ1) is 17.7. The molecule has 0 bridgehead atoms. The van der Waals surface area contributed by atoms with E-state index in [0.717, 1.165) is 24.9 Å². The average molecular weight is 313 g/mol. The summed E-state index contributed by atoms with van der Waals surface area (Å²) in [5, 5.41) is 0. The van der Waals surface area contributed by atoms with Crippen molar-refractivity contribution in [1.82, 2.24) is 0 Å². The number of rotatable bonds is 0. The number of fused-ring (bicyclic) bond motifs is 2. The van der Waals surface area contributed by atoms with Gasteiger partial charge in [0.25, 0.3) is 0 Å². The van der Waals surface area contributed by atoms with Gasteiger partial charge in [-0.15, -0.1) is 71.8 Å². The summed E-state index contributed by atoms with van der Waals surface area (Å²) in [6.45, 7) is 0. The van der Waals surface area contributed by atoms with E-state index in [9.17, 15) is 0 Å². The van der Waals surface area contributed by atoms with Crippen molar-refractivity contribution in [3.8, 4) is 0 Å². The molecule has 0 saturated carbocycles. The third-order valence-electron chi connectivity index (χ3n) is 3.88. The molecule has 4 N–H and O–H groups in total. The zero-order chi connectivity index (χ0) is 15.4. The minimum Gasteiger partial charge on any atom is -0.357 e. The molecule has 0 heterocycles. The predicted octanol–water partition coefficient (Wildman–Crippen LogP) is 3.50. The number of nitrogens with two attached hydrogens (primary N) is 2. The van der Waals surface area contributed by atoms with E-state index in [1.165, 1.54) is 22.3 Å². The van der Waals surface area contributed by atoms with Gasteiger partial charge in [-0.3, -0.25) is 0 Å². The molecular formula is C20H20MgN2. The summed E-state index contributed by atoms with van der Waals surface area (Å²) in [7, 11) is 0. The number of benzene rings is 2. The van der Waals surface area contributed by atoms with Gasteiger partial charge in [0.1, 0.15) is 0 Å². The summed E-state index contributed by atoms with van der Waals surface area (Å²) in [6.07, 6.45) is 10.2. The molecule has 23 heavy (non-hydrogen) atoms. The quantitative estimate of drug-likeness (QED) is 0.578. The fraction of sp³-hybridized carbons (Fsp3) is 0.100. The molecule has 2 aliphatic carbocycles. The summed E-state index contributed by atoms with van der Waals surface area (Å²) in [6, 6.07) is 18.3. The van der Waals surface area contributed by atoms with E-state index in [0.29, 0.717) is 0 Å². The standard InChI is InChI=1S/2C10H10N.Mg/c2*11-10-7-3-5-8-4-1-2-6-9(8)10;/h2*1-6H,7,11H2;/q2*-1;+2. The molecule has 2 aliphatic rings. The number of hydrogen-bond acceptors (Lipinski definition) is 2. The fourth-order valence-electron chi connectivity index (χ4n) is 2.72. The van der Waals surface area contributed by atoms with Gasteiger partial charge in [-0.05, 0) is 12.8 Å². The van der Waals surface area contributed by atoms with Crippen molar-refractivity contribution in [1.29, 1.82) is 0 Å². The Balaban J connectivity index is 0.000000160. The number of hydrogen-bond donors (Lipinski definition) is 2. The Kier molecular flexibility index (Phi) is 6.36. The third-order valence-corrected chi connectivity index (χ3v) is 3.88. The molecular weight excluding hydrogens is 293 g/mol. The van der Waals surface area contributed by atoms with Crippen LogP contribution in [0.5, 0.6) is 0 Å². The summed E-state index contributed by atoms with van der Waals surface area (Å²) >= 11 is 0. The van der Waals surface area contributed by atoms with Crippen molar-refractivity contribution in [3.05, 3.63) is 95.0 Å². The first-order valence-electron chi connectivity index (χ1n) is 7.50. The Bertz CT molecular complexity index is 645. The van der Waals surface area contributed by atoms with Gasteiger partial charge in [-0.25, -0.2) is 0 Å². The van der Waals surface area contributed by atoms with Gasteiger partial charge >= 0.3 is 23.1 Å². The van der Waals surface area contributed by atoms with E-state index in [-0.39, 0.29) is 23.1 Å². The molecule has 0 aliphatic heterocycles. The first-order chi connectivity index (χ1) is 10.8. The van der Waals surface area contributed by atoms with Gasteiger partial charge in [0.15, 0.2) is 0 Å². The van der Waals surface area contributed by atoms with Crippen molar-refractivity contribution < 1.29 is 0 Å². The molecule has 2 aromatic rings. The van der Waals surface area contributed by atoms with Gasteiger partial charge in [0.2, 0.25) is 0 Å². The Hall–Kier alpha value is -1.65. The van der Waals surface area contributed by atoms with Crippen molar-refractivity contribution >= 4 is 35.2 Å². The normalized spacial score (nSPS) is 14.2. The van der Waals surface area contributed by atoms with Crippen LogP contribution in [-0.4, -0.2) is 23.1 Å². The zero-order valence-electron chi connectivity index (χ0n) is 13.2. The molecule has 0 fully saturated rings. The van der Waals surface area contributed by atoms with Crippen LogP contribution in [0.2, 0.25) is 0 Å². The zero-order valence-corrected chi connectivity index (χ0v) is 14.6. The van der Waals surface area contributed by atoms with E-state index in [4.69, 9.17) is 11.5 Å². The van der Waals surface area contributed by atoms with E-state index >= 15 is 0 Å². The minimum absolute atomic E-state index is 0. The largest absolute Gasteiger partial charge is 2.00 e. The van der Waals surface area contributed by atoms with Crippen molar-refractivity contribution in [2.45, 2.75) is 12.8 Å². The maximum Gasteiger partial charge on any atom is 2.00 e. The third kappa shape index (κ3) is 4.21. The van der Waals surface area contributed by atoms with Crippen LogP contribution in [0.3, 0.4) is 0 Å². The Morgan fingerprint density at radius 1 is 0.652 bits per heavy atom. The summed E-state index contributed by atoms with van der Waals surface area (Å²) < 4.78 is 0. The molecule has 112 valence electrons. The maximum atomic E-state index is 5.81. The maximum absolute atomic E-state index is 5.81. The van der Waals surface area contributed by atoms with Gasteiger partial charge in [-0.1, -0.05) is 12.1 Å². The smallest absolute Gasteiger partial charge is 0.357 e. The second-order valence-electron chi connectivity index (χ2n) is 5.44. The predicted molar refractivity (Wildman–Crippen MR) is 99.0 cm³/mol. The van der Waals surface area contributed by atoms with Crippen LogP contribution in [0, 0.1) is 12.1 Å². The molecule has 0 radical (unpaired) electrons. The van der Waals surface area contributed by atoms with Crippen molar-refractivity contribution in [3.63, 3.8) is 0 Å². The van der Waals surface area contributed by atoms with Crippen LogP contribution in [-0.2, 0) is 0 Å². The second kappa shape index (κ2) is 8.27. The molecule has 0 spiro atoms. The van der Waals surface area contributed by atoms with Gasteiger partial charge in [0, 0.05) is 0 Å². The molecule has 0 unspecified atom stereocenters. The molecule has 0 saturated heterocycles. The Morgan fingerprint density at radius 2 is 1.04 bits per heavy atom. The average Bonchev–Trinajstić information content (AvgIpc) is 2.57. The minimum atomic E-state index is 0. The van der Waals surface area contributed by atoms with Gasteiger partial charge in [-0.2, -0.15) is 23.3 Å². The summed E-state index contributed by atoms with van der Waals surface area (Å²) in [5.41, 5.74) is 16.5. The fourth-order valence-corrected chi connectivity index (χ4v) is 2.72. The van der Waals surface area contributed by atoms with Gasteiger partial charge in [0.05, 0.1) is 0 Å².